The fourth-order valence-corrected chi connectivity index (χ4v) is 1.94. The number of rotatable bonds is 6. The first kappa shape index (κ1) is 16.2. The van der Waals surface area contributed by atoms with Gasteiger partial charge in [-0.1, -0.05) is 17.7 Å². The average molecular weight is 320 g/mol. The van der Waals surface area contributed by atoms with Crippen molar-refractivity contribution < 1.29 is 4.79 Å². The quantitative estimate of drug-likeness (QED) is 0.854. The number of hydrogen-bond acceptors (Lipinski definition) is 5. The van der Waals surface area contributed by atoms with Crippen molar-refractivity contribution in [3.05, 3.63) is 47.4 Å². The van der Waals surface area contributed by atoms with E-state index in [1.54, 1.807) is 18.2 Å². The Morgan fingerprint density at radius 3 is 2.82 bits per heavy atom. The number of nitrogens with zero attached hydrogens (tertiary/aromatic N) is 3. The van der Waals surface area contributed by atoms with Crippen LogP contribution in [0.1, 0.15) is 10.5 Å². The first-order valence-electron chi connectivity index (χ1n) is 6.82. The van der Waals surface area contributed by atoms with Crippen molar-refractivity contribution in [3.63, 3.8) is 0 Å². The van der Waals surface area contributed by atoms with Gasteiger partial charge in [0.1, 0.15) is 17.8 Å². The lowest BCUT2D eigenvalue weighted by molar-refractivity contribution is 0.0946. The molecule has 0 aliphatic heterocycles. The van der Waals surface area contributed by atoms with Crippen LogP contribution in [0, 0.1) is 0 Å². The van der Waals surface area contributed by atoms with Crippen molar-refractivity contribution in [1.29, 1.82) is 0 Å². The Morgan fingerprint density at radius 1 is 1.27 bits per heavy atom. The molecular weight excluding hydrogens is 302 g/mol. The number of hydrogen-bond donors (Lipinski definition) is 2. The van der Waals surface area contributed by atoms with Gasteiger partial charge in [-0.15, -0.1) is 0 Å². The summed E-state index contributed by atoms with van der Waals surface area (Å²) in [5, 5.41) is 6.53. The van der Waals surface area contributed by atoms with Crippen LogP contribution in [0.3, 0.4) is 0 Å². The van der Waals surface area contributed by atoms with Crippen molar-refractivity contribution in [2.75, 3.05) is 32.5 Å². The molecule has 22 heavy (non-hydrogen) atoms. The van der Waals surface area contributed by atoms with Gasteiger partial charge < -0.3 is 15.5 Å². The van der Waals surface area contributed by atoms with Gasteiger partial charge in [0.25, 0.3) is 5.91 Å². The molecule has 1 aromatic heterocycles. The van der Waals surface area contributed by atoms with E-state index in [0.29, 0.717) is 23.1 Å². The third kappa shape index (κ3) is 4.98. The Bertz CT molecular complexity index is 647. The first-order valence-corrected chi connectivity index (χ1v) is 7.20. The van der Waals surface area contributed by atoms with Crippen LogP contribution in [-0.2, 0) is 0 Å². The van der Waals surface area contributed by atoms with E-state index in [4.69, 9.17) is 11.6 Å². The predicted octanol–water partition coefficient (Wildman–Crippen LogP) is 2.17. The molecule has 2 rings (SSSR count). The van der Waals surface area contributed by atoms with Gasteiger partial charge in [-0.05, 0) is 32.3 Å². The molecule has 0 bridgehead atoms. The summed E-state index contributed by atoms with van der Waals surface area (Å²) in [5.41, 5.74) is 1.11. The van der Waals surface area contributed by atoms with Gasteiger partial charge in [0.05, 0.1) is 0 Å². The SMILES string of the molecule is CN(C)CCNC(=O)c1cc(Nc2cccc(Cl)c2)ncn1. The number of nitrogens with one attached hydrogen (secondary N) is 2. The highest BCUT2D eigenvalue weighted by atomic mass is 35.5. The Kier molecular flexibility index (Phi) is 5.68. The van der Waals surface area contributed by atoms with Crippen molar-refractivity contribution in [2.45, 2.75) is 0 Å². The van der Waals surface area contributed by atoms with Gasteiger partial charge in [0.15, 0.2) is 0 Å². The number of carbonyl (C=O) groups excluding carboxylic acids is 1. The van der Waals surface area contributed by atoms with Gasteiger partial charge in [-0.25, -0.2) is 9.97 Å². The summed E-state index contributed by atoms with van der Waals surface area (Å²) < 4.78 is 0. The number of anilines is 2. The van der Waals surface area contributed by atoms with E-state index in [-0.39, 0.29) is 5.91 Å². The molecule has 2 N–H and O–H groups in total. The smallest absolute Gasteiger partial charge is 0.270 e. The number of halogens is 1. The Labute approximate surface area is 134 Å². The summed E-state index contributed by atoms with van der Waals surface area (Å²) in [6, 6.07) is 8.87. The van der Waals surface area contributed by atoms with Crippen LogP contribution in [0.15, 0.2) is 36.7 Å². The largest absolute Gasteiger partial charge is 0.349 e. The van der Waals surface area contributed by atoms with E-state index in [9.17, 15) is 4.79 Å². The minimum Gasteiger partial charge on any atom is -0.349 e. The van der Waals surface area contributed by atoms with Crippen LogP contribution in [0.2, 0.25) is 5.02 Å². The normalized spacial score (nSPS) is 10.5. The zero-order chi connectivity index (χ0) is 15.9. The minimum atomic E-state index is -0.224. The van der Waals surface area contributed by atoms with E-state index in [1.807, 2.05) is 31.1 Å². The Hall–Kier alpha value is -2.18. The molecule has 2 aromatic rings. The van der Waals surface area contributed by atoms with E-state index < -0.39 is 0 Å². The fourth-order valence-electron chi connectivity index (χ4n) is 1.75. The van der Waals surface area contributed by atoms with E-state index >= 15 is 0 Å². The molecule has 0 saturated heterocycles. The summed E-state index contributed by atoms with van der Waals surface area (Å²) in [4.78, 5) is 22.1. The Balaban J connectivity index is 2.01. The highest BCUT2D eigenvalue weighted by Gasteiger charge is 2.08. The van der Waals surface area contributed by atoms with Crippen LogP contribution in [0.4, 0.5) is 11.5 Å². The maximum Gasteiger partial charge on any atom is 0.270 e. The van der Waals surface area contributed by atoms with Crippen molar-refractivity contribution >= 4 is 29.0 Å². The van der Waals surface area contributed by atoms with Crippen LogP contribution in [0.5, 0.6) is 0 Å². The van der Waals surface area contributed by atoms with Crippen LogP contribution >= 0.6 is 11.6 Å². The number of aromatic nitrogens is 2. The lowest BCUT2D eigenvalue weighted by atomic mass is 10.3. The van der Waals surface area contributed by atoms with Crippen molar-refractivity contribution in [1.82, 2.24) is 20.2 Å². The second-order valence-electron chi connectivity index (χ2n) is 4.98. The lowest BCUT2D eigenvalue weighted by Crippen LogP contribution is -2.31. The number of amides is 1. The molecular formula is C15H18ClN5O. The molecule has 0 radical (unpaired) electrons. The van der Waals surface area contributed by atoms with Gasteiger partial charge in [0.2, 0.25) is 0 Å². The summed E-state index contributed by atoms with van der Waals surface area (Å²) in [6.07, 6.45) is 1.35. The Morgan fingerprint density at radius 2 is 2.09 bits per heavy atom. The standard InChI is InChI=1S/C15H18ClN5O/c1-21(2)7-6-17-15(22)13-9-14(19-10-18-13)20-12-5-3-4-11(16)8-12/h3-5,8-10H,6-7H2,1-2H3,(H,17,22)(H,18,19,20). The van der Waals surface area contributed by atoms with Gasteiger partial charge >= 0.3 is 0 Å². The monoisotopic (exact) mass is 319 g/mol. The second kappa shape index (κ2) is 7.72. The van der Waals surface area contributed by atoms with Crippen LogP contribution in [-0.4, -0.2) is 48.0 Å². The molecule has 0 aliphatic rings. The summed E-state index contributed by atoms with van der Waals surface area (Å²) in [5.74, 6) is 0.313. The maximum absolute atomic E-state index is 12.0. The number of carbonyl (C=O) groups is 1. The fraction of sp³-hybridized carbons (Fsp3) is 0.267. The summed E-state index contributed by atoms with van der Waals surface area (Å²) >= 11 is 5.93. The molecule has 7 heteroatoms. The van der Waals surface area contributed by atoms with E-state index in [0.717, 1.165) is 12.2 Å². The zero-order valence-electron chi connectivity index (χ0n) is 12.5. The number of benzene rings is 1. The zero-order valence-corrected chi connectivity index (χ0v) is 13.3. The second-order valence-corrected chi connectivity index (χ2v) is 5.42. The highest BCUT2D eigenvalue weighted by Crippen LogP contribution is 2.18. The molecule has 1 aromatic carbocycles. The first-order chi connectivity index (χ1) is 10.5. The average Bonchev–Trinajstić information content (AvgIpc) is 2.47. The lowest BCUT2D eigenvalue weighted by Gasteiger charge is -2.10. The third-order valence-electron chi connectivity index (χ3n) is 2.84. The molecule has 1 amide bonds. The molecule has 0 spiro atoms. The molecule has 1 heterocycles. The molecule has 0 fully saturated rings. The van der Waals surface area contributed by atoms with Crippen molar-refractivity contribution in [3.8, 4) is 0 Å². The minimum absolute atomic E-state index is 0.224. The molecule has 0 atom stereocenters. The topological polar surface area (TPSA) is 70.2 Å². The molecule has 116 valence electrons. The van der Waals surface area contributed by atoms with Crippen LogP contribution < -0.4 is 10.6 Å². The molecule has 6 nitrogen and oxygen atoms in total. The van der Waals surface area contributed by atoms with Crippen LogP contribution in [0.25, 0.3) is 0 Å². The van der Waals surface area contributed by atoms with E-state index in [1.165, 1.54) is 6.33 Å². The summed E-state index contributed by atoms with van der Waals surface area (Å²) in [7, 11) is 3.90. The molecule has 0 unspecified atom stereocenters. The molecule has 0 aliphatic carbocycles. The highest BCUT2D eigenvalue weighted by molar-refractivity contribution is 6.30. The predicted molar refractivity (Wildman–Crippen MR) is 87.7 cm³/mol. The summed E-state index contributed by atoms with van der Waals surface area (Å²) in [6.45, 7) is 1.33. The third-order valence-corrected chi connectivity index (χ3v) is 3.08. The number of likely N-dealkylation sites (N-methyl/N-ethyl adjacent to an activating group) is 1. The molecule has 0 saturated carbocycles. The van der Waals surface area contributed by atoms with Gasteiger partial charge in [-0.2, -0.15) is 0 Å². The van der Waals surface area contributed by atoms with E-state index in [2.05, 4.69) is 20.6 Å². The van der Waals surface area contributed by atoms with Gasteiger partial charge in [0, 0.05) is 29.9 Å². The van der Waals surface area contributed by atoms with Crippen molar-refractivity contribution in [2.24, 2.45) is 0 Å². The van der Waals surface area contributed by atoms with Gasteiger partial charge in [-0.3, -0.25) is 4.79 Å². The maximum atomic E-state index is 12.0.